The van der Waals surface area contributed by atoms with Crippen LogP contribution in [0.1, 0.15) is 36.0 Å². The fourth-order valence-corrected chi connectivity index (χ4v) is 3.39. The molecule has 1 atom stereocenters. The van der Waals surface area contributed by atoms with Crippen LogP contribution in [0.15, 0.2) is 35.7 Å². The maximum atomic E-state index is 6.70. The number of aromatic nitrogens is 1. The highest BCUT2D eigenvalue weighted by Crippen LogP contribution is 2.39. The van der Waals surface area contributed by atoms with Gasteiger partial charge in [-0.25, -0.2) is 4.98 Å². The van der Waals surface area contributed by atoms with Gasteiger partial charge >= 0.3 is 0 Å². The van der Waals surface area contributed by atoms with E-state index < -0.39 is 5.00 Å². The van der Waals surface area contributed by atoms with Crippen molar-refractivity contribution < 1.29 is 0 Å². The third-order valence-corrected chi connectivity index (χ3v) is 4.70. The van der Waals surface area contributed by atoms with Crippen molar-refractivity contribution in [2.24, 2.45) is 0 Å². The molecule has 1 aromatic carbocycles. The summed E-state index contributed by atoms with van der Waals surface area (Å²) in [4.78, 5) is 3.92. The van der Waals surface area contributed by atoms with Crippen LogP contribution in [-0.2, 0) is 5.00 Å². The molecule has 0 saturated carbocycles. The average molecular weight is 291 g/mol. The summed E-state index contributed by atoms with van der Waals surface area (Å²) in [6.07, 6.45) is 4.02. The van der Waals surface area contributed by atoms with Crippen molar-refractivity contribution in [3.8, 4) is 0 Å². The summed E-state index contributed by atoms with van der Waals surface area (Å²) in [7, 11) is 0. The standard InChI is InChI=1S/C15H15ClN2S/c1-10(2)13-9-19-14(17-13)15(16)8-7-11-5-3-4-6-12(11)18-15/h3-10,18H,1-2H3. The summed E-state index contributed by atoms with van der Waals surface area (Å²) in [6, 6.07) is 8.12. The first kappa shape index (κ1) is 12.7. The fraction of sp³-hybridized carbons (Fsp3) is 0.267. The van der Waals surface area contributed by atoms with Crippen molar-refractivity contribution >= 4 is 34.7 Å². The second-order valence-electron chi connectivity index (χ2n) is 4.99. The number of thiazole rings is 1. The van der Waals surface area contributed by atoms with E-state index in [-0.39, 0.29) is 0 Å². The predicted molar refractivity (Wildman–Crippen MR) is 82.8 cm³/mol. The lowest BCUT2D eigenvalue weighted by Gasteiger charge is -2.28. The van der Waals surface area contributed by atoms with Crippen molar-refractivity contribution in [1.82, 2.24) is 4.98 Å². The van der Waals surface area contributed by atoms with Gasteiger partial charge in [-0.2, -0.15) is 0 Å². The SMILES string of the molecule is CC(C)c1csc(C2(Cl)C=Cc3ccccc3N2)n1. The summed E-state index contributed by atoms with van der Waals surface area (Å²) in [5.41, 5.74) is 3.29. The van der Waals surface area contributed by atoms with Crippen LogP contribution in [0.4, 0.5) is 5.69 Å². The van der Waals surface area contributed by atoms with Gasteiger partial charge in [-0.05, 0) is 23.6 Å². The molecule has 2 nitrogen and oxygen atoms in total. The Hall–Kier alpha value is -1.32. The van der Waals surface area contributed by atoms with Crippen molar-refractivity contribution in [2.75, 3.05) is 5.32 Å². The van der Waals surface area contributed by atoms with Gasteiger partial charge in [0, 0.05) is 11.1 Å². The number of hydrogen-bond donors (Lipinski definition) is 1. The number of fused-ring (bicyclic) bond motifs is 1. The van der Waals surface area contributed by atoms with E-state index in [2.05, 4.69) is 41.7 Å². The Bertz CT molecular complexity index is 633. The van der Waals surface area contributed by atoms with Crippen LogP contribution in [0.5, 0.6) is 0 Å². The highest BCUT2D eigenvalue weighted by atomic mass is 35.5. The highest BCUT2D eigenvalue weighted by molar-refractivity contribution is 7.10. The Morgan fingerprint density at radius 1 is 1.32 bits per heavy atom. The first-order valence-electron chi connectivity index (χ1n) is 6.30. The van der Waals surface area contributed by atoms with Gasteiger partial charge < -0.3 is 5.32 Å². The number of para-hydroxylation sites is 1. The minimum atomic E-state index is -0.730. The Morgan fingerprint density at radius 2 is 2.11 bits per heavy atom. The van der Waals surface area contributed by atoms with Crippen molar-refractivity contribution in [3.63, 3.8) is 0 Å². The van der Waals surface area contributed by atoms with Gasteiger partial charge in [0.15, 0.2) is 5.00 Å². The number of rotatable bonds is 2. The molecule has 0 radical (unpaired) electrons. The monoisotopic (exact) mass is 290 g/mol. The smallest absolute Gasteiger partial charge is 0.184 e. The zero-order valence-electron chi connectivity index (χ0n) is 10.9. The van der Waals surface area contributed by atoms with Gasteiger partial charge in [0.25, 0.3) is 0 Å². The second kappa shape index (κ2) is 4.66. The van der Waals surface area contributed by atoms with Gasteiger partial charge in [0.2, 0.25) is 0 Å². The number of halogens is 1. The third kappa shape index (κ3) is 2.28. The van der Waals surface area contributed by atoms with Gasteiger partial charge in [-0.3, -0.25) is 0 Å². The normalized spacial score (nSPS) is 21.3. The summed E-state index contributed by atoms with van der Waals surface area (Å²) in [5.74, 6) is 0.421. The quantitative estimate of drug-likeness (QED) is 0.635. The van der Waals surface area contributed by atoms with Crippen LogP contribution >= 0.6 is 22.9 Å². The van der Waals surface area contributed by atoms with Gasteiger partial charge in [0.05, 0.1) is 5.69 Å². The van der Waals surface area contributed by atoms with E-state index in [4.69, 9.17) is 11.6 Å². The van der Waals surface area contributed by atoms with E-state index in [9.17, 15) is 0 Å². The van der Waals surface area contributed by atoms with Crippen LogP contribution in [-0.4, -0.2) is 4.98 Å². The summed E-state index contributed by atoms with van der Waals surface area (Å²) in [6.45, 7) is 4.28. The van der Waals surface area contributed by atoms with E-state index in [0.717, 1.165) is 22.0 Å². The van der Waals surface area contributed by atoms with E-state index in [1.54, 1.807) is 11.3 Å². The second-order valence-corrected chi connectivity index (χ2v) is 6.44. The topological polar surface area (TPSA) is 24.9 Å². The molecule has 1 aromatic heterocycles. The zero-order chi connectivity index (χ0) is 13.5. The molecular weight excluding hydrogens is 276 g/mol. The number of alkyl halides is 1. The number of nitrogens with one attached hydrogen (secondary N) is 1. The molecule has 1 aliphatic heterocycles. The maximum Gasteiger partial charge on any atom is 0.184 e. The number of hydrogen-bond acceptors (Lipinski definition) is 3. The predicted octanol–water partition coefficient (Wildman–Crippen LogP) is 4.80. The first-order chi connectivity index (χ1) is 9.08. The molecule has 3 rings (SSSR count). The Morgan fingerprint density at radius 3 is 2.84 bits per heavy atom. The molecule has 0 aliphatic carbocycles. The summed E-state index contributed by atoms with van der Waals surface area (Å²) < 4.78 is 0. The molecule has 2 heterocycles. The Kier molecular flexibility index (Phi) is 3.11. The molecule has 19 heavy (non-hydrogen) atoms. The van der Waals surface area contributed by atoms with Crippen molar-refractivity contribution in [2.45, 2.75) is 24.8 Å². The van der Waals surface area contributed by atoms with Gasteiger partial charge in [0.1, 0.15) is 5.01 Å². The number of anilines is 1. The minimum Gasteiger partial charge on any atom is -0.357 e. The minimum absolute atomic E-state index is 0.421. The lowest BCUT2D eigenvalue weighted by atomic mass is 10.1. The lowest BCUT2D eigenvalue weighted by molar-refractivity contribution is 0.795. The Balaban J connectivity index is 1.97. The first-order valence-corrected chi connectivity index (χ1v) is 7.55. The average Bonchev–Trinajstić information content (AvgIpc) is 2.89. The van der Waals surface area contributed by atoms with Crippen LogP contribution in [0.2, 0.25) is 0 Å². The van der Waals surface area contributed by atoms with Crippen LogP contribution in [0.25, 0.3) is 6.08 Å². The molecule has 0 saturated heterocycles. The van der Waals surface area contributed by atoms with Crippen molar-refractivity contribution in [3.05, 3.63) is 52.0 Å². The lowest BCUT2D eigenvalue weighted by Crippen LogP contribution is -2.28. The van der Waals surface area contributed by atoms with E-state index >= 15 is 0 Å². The molecule has 2 aromatic rings. The Labute approximate surface area is 122 Å². The molecule has 0 bridgehead atoms. The number of nitrogens with zero attached hydrogens (tertiary/aromatic N) is 1. The molecule has 0 amide bonds. The maximum absolute atomic E-state index is 6.70. The molecule has 98 valence electrons. The third-order valence-electron chi connectivity index (χ3n) is 3.19. The number of benzene rings is 1. The van der Waals surface area contributed by atoms with E-state index in [1.165, 1.54) is 0 Å². The highest BCUT2D eigenvalue weighted by Gasteiger charge is 2.33. The zero-order valence-corrected chi connectivity index (χ0v) is 12.4. The van der Waals surface area contributed by atoms with E-state index in [1.807, 2.05) is 24.3 Å². The molecule has 0 spiro atoms. The summed E-state index contributed by atoms with van der Waals surface area (Å²) >= 11 is 8.30. The summed E-state index contributed by atoms with van der Waals surface area (Å²) in [5, 5.41) is 6.34. The van der Waals surface area contributed by atoms with Crippen LogP contribution in [0.3, 0.4) is 0 Å². The molecule has 1 aliphatic rings. The fourth-order valence-electron chi connectivity index (χ4n) is 2.04. The largest absolute Gasteiger partial charge is 0.357 e. The molecule has 0 fully saturated rings. The van der Waals surface area contributed by atoms with Gasteiger partial charge in [-0.15, -0.1) is 11.3 Å². The molecule has 4 heteroatoms. The van der Waals surface area contributed by atoms with E-state index in [0.29, 0.717) is 5.92 Å². The molecule has 1 N–H and O–H groups in total. The van der Waals surface area contributed by atoms with Crippen LogP contribution < -0.4 is 5.32 Å². The van der Waals surface area contributed by atoms with Crippen molar-refractivity contribution in [1.29, 1.82) is 0 Å². The molecular formula is C15H15ClN2S. The molecule has 1 unspecified atom stereocenters. The van der Waals surface area contributed by atoms with Gasteiger partial charge in [-0.1, -0.05) is 49.7 Å². The van der Waals surface area contributed by atoms with Crippen LogP contribution in [0, 0.1) is 0 Å².